The van der Waals surface area contributed by atoms with Crippen molar-refractivity contribution in [3.8, 4) is 0 Å². The van der Waals surface area contributed by atoms with Crippen LogP contribution in [0.15, 0.2) is 0 Å². The van der Waals surface area contributed by atoms with Gasteiger partial charge in [0.1, 0.15) is 5.69 Å². The molecule has 1 aliphatic rings. The Hall–Kier alpha value is -0.930. The van der Waals surface area contributed by atoms with Crippen molar-refractivity contribution in [1.29, 1.82) is 0 Å². The van der Waals surface area contributed by atoms with E-state index in [4.69, 9.17) is 0 Å². The number of aryl methyl sites for hydroxylation is 2. The van der Waals surface area contributed by atoms with E-state index in [1.165, 1.54) is 4.68 Å². The second-order valence-corrected chi connectivity index (χ2v) is 3.44. The Morgan fingerprint density at radius 2 is 2.00 bits per heavy atom. The van der Waals surface area contributed by atoms with Gasteiger partial charge < -0.3 is 0 Å². The monoisotopic (exact) mass is 186 g/mol. The molecule has 0 unspecified atom stereocenters. The highest BCUT2D eigenvalue weighted by molar-refractivity contribution is 5.29. The summed E-state index contributed by atoms with van der Waals surface area (Å²) < 4.78 is 26.5. The van der Waals surface area contributed by atoms with Gasteiger partial charge in [0.25, 0.3) is 6.43 Å². The maximum atomic E-state index is 12.6. The topological polar surface area (TPSA) is 17.8 Å². The molecule has 4 heteroatoms. The molecule has 13 heavy (non-hydrogen) atoms. The van der Waals surface area contributed by atoms with Crippen molar-refractivity contribution in [2.24, 2.45) is 7.05 Å². The lowest BCUT2D eigenvalue weighted by Crippen LogP contribution is -2.03. The fraction of sp³-hybridized carbons (Fsp3) is 0.667. The zero-order chi connectivity index (χ0) is 9.42. The van der Waals surface area contributed by atoms with Crippen LogP contribution in [0.3, 0.4) is 0 Å². The zero-order valence-corrected chi connectivity index (χ0v) is 7.56. The number of hydrogen-bond acceptors (Lipinski definition) is 1. The summed E-state index contributed by atoms with van der Waals surface area (Å²) in [6.07, 6.45) is 1.32. The Morgan fingerprint density at radius 3 is 2.69 bits per heavy atom. The number of aromatic nitrogens is 2. The summed E-state index contributed by atoms with van der Waals surface area (Å²) in [6.45, 7) is 0. The van der Waals surface area contributed by atoms with E-state index in [2.05, 4.69) is 5.10 Å². The van der Waals surface area contributed by atoms with Gasteiger partial charge in [0.2, 0.25) is 0 Å². The van der Waals surface area contributed by atoms with Gasteiger partial charge in [-0.25, -0.2) is 8.78 Å². The fourth-order valence-electron chi connectivity index (χ4n) is 1.98. The van der Waals surface area contributed by atoms with Gasteiger partial charge in [0.15, 0.2) is 0 Å². The van der Waals surface area contributed by atoms with Gasteiger partial charge in [0, 0.05) is 12.6 Å². The number of nitrogens with zero attached hydrogens (tertiary/aromatic N) is 2. The van der Waals surface area contributed by atoms with Crippen LogP contribution in [0.2, 0.25) is 0 Å². The number of hydrogen-bond donors (Lipinski definition) is 0. The third kappa shape index (κ3) is 1.34. The number of rotatable bonds is 1. The van der Waals surface area contributed by atoms with Crippen LogP contribution in [0.1, 0.15) is 36.2 Å². The molecule has 0 fully saturated rings. The van der Waals surface area contributed by atoms with Gasteiger partial charge in [-0.05, 0) is 25.7 Å². The molecular weight excluding hydrogens is 174 g/mol. The van der Waals surface area contributed by atoms with Crippen LogP contribution in [-0.4, -0.2) is 9.78 Å². The first-order chi connectivity index (χ1) is 6.20. The average Bonchev–Trinajstić information content (AvgIpc) is 2.39. The smallest absolute Gasteiger partial charge is 0.266 e. The van der Waals surface area contributed by atoms with Crippen molar-refractivity contribution >= 4 is 0 Å². The molecule has 0 atom stereocenters. The molecule has 1 aromatic heterocycles. The van der Waals surface area contributed by atoms with Crippen LogP contribution in [0, 0.1) is 0 Å². The maximum absolute atomic E-state index is 12.6. The molecule has 0 N–H and O–H groups in total. The summed E-state index contributed by atoms with van der Waals surface area (Å²) in [7, 11) is 1.60. The van der Waals surface area contributed by atoms with Gasteiger partial charge >= 0.3 is 0 Å². The highest BCUT2D eigenvalue weighted by Gasteiger charge is 2.24. The molecule has 1 aromatic rings. The van der Waals surface area contributed by atoms with Crippen LogP contribution in [0.25, 0.3) is 0 Å². The van der Waals surface area contributed by atoms with Crippen molar-refractivity contribution in [3.05, 3.63) is 17.0 Å². The lowest BCUT2D eigenvalue weighted by atomic mass is 9.96. The molecule has 1 aliphatic carbocycles. The van der Waals surface area contributed by atoms with E-state index in [9.17, 15) is 8.78 Å². The lowest BCUT2D eigenvalue weighted by molar-refractivity contribution is 0.139. The first-order valence-electron chi connectivity index (χ1n) is 4.53. The second kappa shape index (κ2) is 3.09. The maximum Gasteiger partial charge on any atom is 0.280 e. The molecule has 2 nitrogen and oxygen atoms in total. The molecule has 0 aliphatic heterocycles. The number of alkyl halides is 2. The summed E-state index contributed by atoms with van der Waals surface area (Å²) in [4.78, 5) is 0. The van der Waals surface area contributed by atoms with E-state index in [-0.39, 0.29) is 5.69 Å². The van der Waals surface area contributed by atoms with Crippen LogP contribution in [0.5, 0.6) is 0 Å². The number of halogens is 2. The molecule has 0 amide bonds. The SMILES string of the molecule is Cn1nc2c(c1C(F)F)CCCC2. The van der Waals surface area contributed by atoms with Gasteiger partial charge in [-0.3, -0.25) is 4.68 Å². The van der Waals surface area contributed by atoms with Crippen LogP contribution in [0.4, 0.5) is 8.78 Å². The van der Waals surface area contributed by atoms with Crippen molar-refractivity contribution in [2.75, 3.05) is 0 Å². The molecule has 0 spiro atoms. The van der Waals surface area contributed by atoms with Crippen LogP contribution < -0.4 is 0 Å². The standard InChI is InChI=1S/C9H12F2N2/c1-13-8(9(10)11)6-4-2-3-5-7(6)12-13/h9H,2-5H2,1H3. The molecule has 0 aromatic carbocycles. The second-order valence-electron chi connectivity index (χ2n) is 3.44. The molecule has 0 bridgehead atoms. The summed E-state index contributed by atoms with van der Waals surface area (Å²) in [5.41, 5.74) is 1.79. The predicted molar refractivity (Wildman–Crippen MR) is 44.8 cm³/mol. The highest BCUT2D eigenvalue weighted by Crippen LogP contribution is 2.29. The van der Waals surface area contributed by atoms with Gasteiger partial charge in [0.05, 0.1) is 5.69 Å². The van der Waals surface area contributed by atoms with E-state index < -0.39 is 6.43 Å². The highest BCUT2D eigenvalue weighted by atomic mass is 19.3. The van der Waals surface area contributed by atoms with Gasteiger partial charge in [-0.2, -0.15) is 5.10 Å². The Bertz CT molecular complexity index is 318. The van der Waals surface area contributed by atoms with E-state index in [1.54, 1.807) is 7.05 Å². The number of fused-ring (bicyclic) bond motifs is 1. The van der Waals surface area contributed by atoms with Gasteiger partial charge in [-0.15, -0.1) is 0 Å². The Kier molecular flexibility index (Phi) is 2.06. The molecule has 0 saturated heterocycles. The van der Waals surface area contributed by atoms with E-state index in [0.29, 0.717) is 0 Å². The van der Waals surface area contributed by atoms with E-state index in [0.717, 1.165) is 36.9 Å². The van der Waals surface area contributed by atoms with Crippen molar-refractivity contribution in [1.82, 2.24) is 9.78 Å². The summed E-state index contributed by atoms with van der Waals surface area (Å²) >= 11 is 0. The first-order valence-corrected chi connectivity index (χ1v) is 4.53. The van der Waals surface area contributed by atoms with Crippen molar-refractivity contribution in [2.45, 2.75) is 32.1 Å². The van der Waals surface area contributed by atoms with E-state index in [1.807, 2.05) is 0 Å². The third-order valence-electron chi connectivity index (χ3n) is 2.57. The third-order valence-corrected chi connectivity index (χ3v) is 2.57. The summed E-state index contributed by atoms with van der Waals surface area (Å²) in [5.74, 6) is 0. The molecule has 0 saturated carbocycles. The molecule has 1 heterocycles. The van der Waals surface area contributed by atoms with Crippen molar-refractivity contribution < 1.29 is 8.78 Å². The van der Waals surface area contributed by atoms with Crippen molar-refractivity contribution in [3.63, 3.8) is 0 Å². The van der Waals surface area contributed by atoms with E-state index >= 15 is 0 Å². The minimum atomic E-state index is -2.39. The first kappa shape index (κ1) is 8.66. The fourth-order valence-corrected chi connectivity index (χ4v) is 1.98. The normalized spacial score (nSPS) is 16.3. The minimum absolute atomic E-state index is 0.120. The minimum Gasteiger partial charge on any atom is -0.266 e. The Labute approximate surface area is 75.6 Å². The Morgan fingerprint density at radius 1 is 1.31 bits per heavy atom. The average molecular weight is 186 g/mol. The zero-order valence-electron chi connectivity index (χ0n) is 7.56. The Balaban J connectivity index is 2.48. The molecule has 2 rings (SSSR count). The van der Waals surface area contributed by atoms with Crippen LogP contribution >= 0.6 is 0 Å². The summed E-state index contributed by atoms with van der Waals surface area (Å²) in [5, 5.41) is 4.11. The van der Waals surface area contributed by atoms with Crippen LogP contribution in [-0.2, 0) is 19.9 Å². The summed E-state index contributed by atoms with van der Waals surface area (Å²) in [6, 6.07) is 0. The lowest BCUT2D eigenvalue weighted by Gasteiger charge is -2.10. The quantitative estimate of drug-likeness (QED) is 0.657. The largest absolute Gasteiger partial charge is 0.280 e. The molecule has 0 radical (unpaired) electrons. The molecule has 72 valence electrons. The van der Waals surface area contributed by atoms with Gasteiger partial charge in [-0.1, -0.05) is 0 Å². The molecular formula is C9H12F2N2. The predicted octanol–water partition coefficient (Wildman–Crippen LogP) is 2.24.